The molecule has 8 heteroatoms. The van der Waals surface area contributed by atoms with Crippen molar-refractivity contribution in [2.45, 2.75) is 6.92 Å². The van der Waals surface area contributed by atoms with Crippen molar-refractivity contribution in [2.24, 2.45) is 10.2 Å². The van der Waals surface area contributed by atoms with Crippen molar-refractivity contribution < 1.29 is 0 Å². The minimum atomic E-state index is 0.488. The minimum absolute atomic E-state index is 0.488. The fourth-order valence-electron chi connectivity index (χ4n) is 2.54. The molecule has 0 saturated carbocycles. The van der Waals surface area contributed by atoms with Crippen molar-refractivity contribution in [1.29, 1.82) is 0 Å². The Morgan fingerprint density at radius 1 is 1.08 bits per heavy atom. The zero-order valence-electron chi connectivity index (χ0n) is 14.1. The molecule has 0 atom stereocenters. The number of nitrogens with zero attached hydrogens (tertiary/aromatic N) is 7. The average molecular weight is 344 g/mol. The summed E-state index contributed by atoms with van der Waals surface area (Å²) in [6, 6.07) is 13.1. The van der Waals surface area contributed by atoms with Crippen LogP contribution < -0.4 is 5.73 Å². The number of nitrogen functional groups attached to an aromatic ring is 1. The van der Waals surface area contributed by atoms with E-state index in [2.05, 4.69) is 30.3 Å². The number of aromatic nitrogens is 5. The summed E-state index contributed by atoms with van der Waals surface area (Å²) in [5, 5.41) is 12.4. The van der Waals surface area contributed by atoms with Crippen molar-refractivity contribution in [3.8, 4) is 22.6 Å². The third-order valence-electron chi connectivity index (χ3n) is 3.75. The van der Waals surface area contributed by atoms with Crippen molar-refractivity contribution in [2.75, 3.05) is 12.3 Å². The molecule has 0 aliphatic carbocycles. The summed E-state index contributed by atoms with van der Waals surface area (Å²) in [4.78, 5) is 13.1. The second-order valence-electron chi connectivity index (χ2n) is 5.55. The monoisotopic (exact) mass is 344 g/mol. The largest absolute Gasteiger partial charge is 0.384 e. The SMILES string of the molecule is CCN=Nc1ccc(-c2cc(N)n3nc(-c4ccccn4)nc3c2)cn1. The molecular weight excluding hydrogens is 328 g/mol. The van der Waals surface area contributed by atoms with E-state index in [1.165, 1.54) is 0 Å². The molecule has 0 aliphatic heterocycles. The Bertz CT molecular complexity index is 1070. The highest BCUT2D eigenvalue weighted by atomic mass is 15.3. The van der Waals surface area contributed by atoms with E-state index in [1.807, 2.05) is 49.4 Å². The summed E-state index contributed by atoms with van der Waals surface area (Å²) < 4.78 is 1.60. The topological polar surface area (TPSA) is 107 Å². The predicted octanol–water partition coefficient (Wildman–Crippen LogP) is 3.54. The molecule has 0 aliphatic rings. The van der Waals surface area contributed by atoms with Gasteiger partial charge in [-0.2, -0.15) is 9.63 Å². The molecule has 0 saturated heterocycles. The van der Waals surface area contributed by atoms with E-state index in [-0.39, 0.29) is 0 Å². The van der Waals surface area contributed by atoms with Gasteiger partial charge in [-0.1, -0.05) is 6.07 Å². The molecule has 4 rings (SSSR count). The first-order chi connectivity index (χ1) is 12.7. The number of anilines is 1. The molecule has 0 fully saturated rings. The Hall–Kier alpha value is -3.68. The number of nitrogens with two attached hydrogens (primary N) is 1. The van der Waals surface area contributed by atoms with E-state index in [9.17, 15) is 0 Å². The van der Waals surface area contributed by atoms with Crippen LogP contribution in [0.2, 0.25) is 0 Å². The lowest BCUT2D eigenvalue weighted by Crippen LogP contribution is -1.99. The zero-order chi connectivity index (χ0) is 17.9. The highest BCUT2D eigenvalue weighted by molar-refractivity contribution is 5.71. The number of rotatable bonds is 4. The van der Waals surface area contributed by atoms with E-state index >= 15 is 0 Å². The lowest BCUT2D eigenvalue weighted by atomic mass is 10.1. The average Bonchev–Trinajstić information content (AvgIpc) is 3.12. The number of azo groups is 1. The van der Waals surface area contributed by atoms with Gasteiger partial charge in [-0.05, 0) is 48.9 Å². The van der Waals surface area contributed by atoms with Crippen molar-refractivity contribution in [3.63, 3.8) is 0 Å². The molecule has 0 bridgehead atoms. The first-order valence-electron chi connectivity index (χ1n) is 8.16. The second-order valence-corrected chi connectivity index (χ2v) is 5.55. The smallest absolute Gasteiger partial charge is 0.200 e. The van der Waals surface area contributed by atoms with Gasteiger partial charge in [0.25, 0.3) is 0 Å². The van der Waals surface area contributed by atoms with Crippen LogP contribution in [0, 0.1) is 0 Å². The molecule has 26 heavy (non-hydrogen) atoms. The molecule has 0 radical (unpaired) electrons. The van der Waals surface area contributed by atoms with Crippen LogP contribution in [0.5, 0.6) is 0 Å². The van der Waals surface area contributed by atoms with Crippen LogP contribution in [0.15, 0.2) is 65.1 Å². The lowest BCUT2D eigenvalue weighted by molar-refractivity contribution is 0.974. The first-order valence-corrected chi connectivity index (χ1v) is 8.16. The molecule has 0 spiro atoms. The fourth-order valence-corrected chi connectivity index (χ4v) is 2.54. The number of fused-ring (bicyclic) bond motifs is 1. The predicted molar refractivity (Wildman–Crippen MR) is 98.9 cm³/mol. The van der Waals surface area contributed by atoms with Gasteiger partial charge in [0.15, 0.2) is 11.5 Å². The van der Waals surface area contributed by atoms with E-state index < -0.39 is 0 Å². The Labute approximate surface area is 149 Å². The van der Waals surface area contributed by atoms with Gasteiger partial charge < -0.3 is 5.73 Å². The van der Waals surface area contributed by atoms with Gasteiger partial charge in [-0.3, -0.25) is 4.98 Å². The van der Waals surface area contributed by atoms with E-state index in [1.54, 1.807) is 16.9 Å². The zero-order valence-corrected chi connectivity index (χ0v) is 14.1. The van der Waals surface area contributed by atoms with Crippen LogP contribution in [0.4, 0.5) is 11.6 Å². The molecule has 4 aromatic heterocycles. The van der Waals surface area contributed by atoms with E-state index in [4.69, 9.17) is 5.73 Å². The Morgan fingerprint density at radius 2 is 2.00 bits per heavy atom. The van der Waals surface area contributed by atoms with Crippen LogP contribution >= 0.6 is 0 Å². The molecule has 128 valence electrons. The summed E-state index contributed by atoms with van der Waals surface area (Å²) >= 11 is 0. The summed E-state index contributed by atoms with van der Waals surface area (Å²) in [6.45, 7) is 2.55. The molecule has 0 aromatic carbocycles. The van der Waals surface area contributed by atoms with Crippen LogP contribution in [0.1, 0.15) is 6.92 Å². The fraction of sp³-hybridized carbons (Fsp3) is 0.111. The maximum Gasteiger partial charge on any atom is 0.200 e. The molecule has 0 unspecified atom stereocenters. The van der Waals surface area contributed by atoms with Gasteiger partial charge in [0.1, 0.15) is 11.5 Å². The first kappa shape index (κ1) is 15.8. The van der Waals surface area contributed by atoms with Crippen LogP contribution in [-0.4, -0.2) is 31.1 Å². The third-order valence-corrected chi connectivity index (χ3v) is 3.75. The van der Waals surface area contributed by atoms with Crippen molar-refractivity contribution in [3.05, 3.63) is 54.9 Å². The normalized spacial score (nSPS) is 11.4. The van der Waals surface area contributed by atoms with Crippen LogP contribution in [0.25, 0.3) is 28.3 Å². The number of pyridine rings is 3. The van der Waals surface area contributed by atoms with Gasteiger partial charge in [-0.15, -0.1) is 10.2 Å². The van der Waals surface area contributed by atoms with Gasteiger partial charge >= 0.3 is 0 Å². The van der Waals surface area contributed by atoms with Crippen LogP contribution in [0.3, 0.4) is 0 Å². The molecular formula is C18H16N8. The molecule has 0 amide bonds. The van der Waals surface area contributed by atoms with Gasteiger partial charge in [0.2, 0.25) is 5.82 Å². The Balaban J connectivity index is 1.74. The highest BCUT2D eigenvalue weighted by Crippen LogP contribution is 2.25. The second kappa shape index (κ2) is 6.67. The van der Waals surface area contributed by atoms with Gasteiger partial charge in [0.05, 0.1) is 6.54 Å². The summed E-state index contributed by atoms with van der Waals surface area (Å²) in [6.07, 6.45) is 3.45. The molecule has 2 N–H and O–H groups in total. The highest BCUT2D eigenvalue weighted by Gasteiger charge is 2.11. The third kappa shape index (κ3) is 3.00. The maximum atomic E-state index is 6.17. The minimum Gasteiger partial charge on any atom is -0.384 e. The molecule has 4 heterocycles. The van der Waals surface area contributed by atoms with Gasteiger partial charge in [-0.25, -0.2) is 9.97 Å². The molecule has 4 aromatic rings. The van der Waals surface area contributed by atoms with Crippen molar-refractivity contribution in [1.82, 2.24) is 24.6 Å². The summed E-state index contributed by atoms with van der Waals surface area (Å²) in [5.74, 6) is 1.59. The van der Waals surface area contributed by atoms with Crippen molar-refractivity contribution >= 4 is 17.3 Å². The quantitative estimate of drug-likeness (QED) is 0.570. The number of hydrogen-bond donors (Lipinski definition) is 1. The van der Waals surface area contributed by atoms with Crippen LogP contribution in [-0.2, 0) is 0 Å². The standard InChI is InChI=1S/C18H16N8/c1-2-22-24-16-7-6-12(11-21-16)13-9-15(19)26-17(10-13)23-18(25-26)14-5-3-4-8-20-14/h3-11H,2,19H2,1H3. The maximum absolute atomic E-state index is 6.17. The molecule has 8 nitrogen and oxygen atoms in total. The Kier molecular flexibility index (Phi) is 4.06. The van der Waals surface area contributed by atoms with E-state index in [0.717, 1.165) is 11.1 Å². The summed E-state index contributed by atoms with van der Waals surface area (Å²) in [5.41, 5.74) is 9.33. The number of hydrogen-bond acceptors (Lipinski definition) is 7. The Morgan fingerprint density at radius 3 is 2.73 bits per heavy atom. The summed E-state index contributed by atoms with van der Waals surface area (Å²) in [7, 11) is 0. The lowest BCUT2D eigenvalue weighted by Gasteiger charge is -2.04. The van der Waals surface area contributed by atoms with E-state index in [0.29, 0.717) is 35.3 Å². The van der Waals surface area contributed by atoms with Gasteiger partial charge in [0, 0.05) is 18.0 Å².